The summed E-state index contributed by atoms with van der Waals surface area (Å²) in [4.78, 5) is 14.3. The molecule has 2 unspecified atom stereocenters. The van der Waals surface area contributed by atoms with E-state index in [2.05, 4.69) is 21.1 Å². The molecule has 3 rings (SSSR count). The monoisotopic (exact) mass is 350 g/mol. The smallest absolute Gasteiger partial charge is 0.234 e. The van der Waals surface area contributed by atoms with Gasteiger partial charge in [0.05, 0.1) is 13.1 Å². The topological polar surface area (TPSA) is 65.6 Å². The number of nitrogens with one attached hydrogen (secondary N) is 3. The maximum absolute atomic E-state index is 12.8. The number of carbonyl (C=O) groups excluding carboxylic acids is 1. The van der Waals surface area contributed by atoms with Crippen LogP contribution in [-0.4, -0.2) is 56.2 Å². The van der Waals surface area contributed by atoms with Gasteiger partial charge < -0.3 is 10.1 Å². The minimum Gasteiger partial charge on any atom is -0.492 e. The van der Waals surface area contributed by atoms with Gasteiger partial charge in [0.25, 0.3) is 0 Å². The van der Waals surface area contributed by atoms with Crippen molar-refractivity contribution in [3.8, 4) is 5.75 Å². The van der Waals surface area contributed by atoms with Gasteiger partial charge in [0, 0.05) is 19.1 Å². The first-order valence-corrected chi connectivity index (χ1v) is 9.06. The summed E-state index contributed by atoms with van der Waals surface area (Å²) in [5.41, 5.74) is 6.54. The number of amides is 1. The summed E-state index contributed by atoms with van der Waals surface area (Å²) in [6.07, 6.45) is 3.53. The number of hydrogen-bond acceptors (Lipinski definition) is 5. The summed E-state index contributed by atoms with van der Waals surface area (Å²) in [6.45, 7) is 4.23. The van der Waals surface area contributed by atoms with Crippen molar-refractivity contribution in [1.29, 1.82) is 0 Å². The van der Waals surface area contributed by atoms with Crippen molar-refractivity contribution in [3.63, 3.8) is 0 Å². The van der Waals surface area contributed by atoms with E-state index in [-0.39, 0.29) is 11.7 Å². The number of benzene rings is 1. The second-order valence-corrected chi connectivity index (χ2v) is 6.76. The van der Waals surface area contributed by atoms with Gasteiger partial charge >= 0.3 is 0 Å². The van der Waals surface area contributed by atoms with Crippen LogP contribution in [-0.2, 0) is 4.79 Å². The van der Waals surface area contributed by atoms with Gasteiger partial charge in [-0.3, -0.25) is 20.5 Å². The Morgan fingerprint density at radius 3 is 2.92 bits per heavy atom. The van der Waals surface area contributed by atoms with Crippen molar-refractivity contribution in [2.75, 3.05) is 39.3 Å². The molecular formula is C18H27FN4O2. The van der Waals surface area contributed by atoms with E-state index in [9.17, 15) is 9.18 Å². The zero-order valence-corrected chi connectivity index (χ0v) is 14.5. The van der Waals surface area contributed by atoms with Crippen molar-refractivity contribution in [2.45, 2.75) is 25.3 Å². The van der Waals surface area contributed by atoms with Crippen LogP contribution in [0.2, 0.25) is 0 Å². The van der Waals surface area contributed by atoms with E-state index in [1.165, 1.54) is 18.6 Å². The molecule has 1 aromatic rings. The predicted molar refractivity (Wildman–Crippen MR) is 93.6 cm³/mol. The average molecular weight is 350 g/mol. The molecule has 0 spiro atoms. The van der Waals surface area contributed by atoms with Gasteiger partial charge in [-0.25, -0.2) is 4.39 Å². The third-order valence-corrected chi connectivity index (χ3v) is 4.85. The Hall–Kier alpha value is -1.70. The quantitative estimate of drug-likeness (QED) is 0.638. The SMILES string of the molecule is O=C(CN1CCCC(C2CCNN2)C1)NCCOc1ccc(F)cc1. The summed E-state index contributed by atoms with van der Waals surface area (Å²) >= 11 is 0. The zero-order valence-electron chi connectivity index (χ0n) is 14.5. The number of ether oxygens (including phenoxy) is 1. The Labute approximate surface area is 148 Å². The summed E-state index contributed by atoms with van der Waals surface area (Å²) in [7, 11) is 0. The largest absolute Gasteiger partial charge is 0.492 e. The first-order valence-electron chi connectivity index (χ1n) is 9.06. The highest BCUT2D eigenvalue weighted by atomic mass is 19.1. The van der Waals surface area contributed by atoms with Gasteiger partial charge in [0.2, 0.25) is 5.91 Å². The van der Waals surface area contributed by atoms with Crippen LogP contribution in [0.1, 0.15) is 19.3 Å². The lowest BCUT2D eigenvalue weighted by atomic mass is 9.90. The van der Waals surface area contributed by atoms with Crippen molar-refractivity contribution in [3.05, 3.63) is 30.1 Å². The van der Waals surface area contributed by atoms with Gasteiger partial charge in [0.15, 0.2) is 0 Å². The molecule has 2 aliphatic heterocycles. The van der Waals surface area contributed by atoms with E-state index >= 15 is 0 Å². The Kier molecular flexibility index (Phi) is 6.61. The van der Waals surface area contributed by atoms with Crippen molar-refractivity contribution in [2.24, 2.45) is 5.92 Å². The van der Waals surface area contributed by atoms with Gasteiger partial charge in [-0.05, 0) is 56.0 Å². The number of rotatable bonds is 7. The molecule has 2 fully saturated rings. The lowest BCUT2D eigenvalue weighted by molar-refractivity contribution is -0.122. The number of hydrazine groups is 1. The molecule has 7 heteroatoms. The molecule has 138 valence electrons. The molecule has 3 N–H and O–H groups in total. The molecule has 0 saturated carbocycles. The van der Waals surface area contributed by atoms with Crippen LogP contribution in [0.5, 0.6) is 5.75 Å². The molecule has 0 aromatic heterocycles. The minimum atomic E-state index is -0.288. The van der Waals surface area contributed by atoms with Crippen molar-refractivity contribution in [1.82, 2.24) is 21.1 Å². The Balaban J connectivity index is 1.32. The third-order valence-electron chi connectivity index (χ3n) is 4.85. The van der Waals surface area contributed by atoms with E-state index in [4.69, 9.17) is 4.74 Å². The highest BCUT2D eigenvalue weighted by Gasteiger charge is 2.29. The van der Waals surface area contributed by atoms with E-state index < -0.39 is 0 Å². The van der Waals surface area contributed by atoms with E-state index in [1.807, 2.05) is 0 Å². The summed E-state index contributed by atoms with van der Waals surface area (Å²) < 4.78 is 18.3. The lowest BCUT2D eigenvalue weighted by Crippen LogP contribution is -2.48. The molecule has 1 aromatic carbocycles. The van der Waals surface area contributed by atoms with Crippen LogP contribution in [0.15, 0.2) is 24.3 Å². The van der Waals surface area contributed by atoms with Gasteiger partial charge in [0.1, 0.15) is 18.2 Å². The fourth-order valence-electron chi connectivity index (χ4n) is 3.57. The number of hydrogen-bond donors (Lipinski definition) is 3. The molecular weight excluding hydrogens is 323 g/mol. The van der Waals surface area contributed by atoms with E-state index in [1.54, 1.807) is 12.1 Å². The second kappa shape index (κ2) is 9.12. The van der Waals surface area contributed by atoms with Crippen molar-refractivity contribution < 1.29 is 13.9 Å². The first kappa shape index (κ1) is 18.1. The third kappa shape index (κ3) is 5.66. The fraction of sp³-hybridized carbons (Fsp3) is 0.611. The molecule has 2 aliphatic rings. The normalized spacial score (nSPS) is 24.2. The van der Waals surface area contributed by atoms with Gasteiger partial charge in [-0.2, -0.15) is 0 Å². The molecule has 6 nitrogen and oxygen atoms in total. The lowest BCUT2D eigenvalue weighted by Gasteiger charge is -2.35. The van der Waals surface area contributed by atoms with Crippen LogP contribution in [0, 0.1) is 11.7 Å². The highest BCUT2D eigenvalue weighted by molar-refractivity contribution is 5.78. The van der Waals surface area contributed by atoms with Gasteiger partial charge in [-0.15, -0.1) is 0 Å². The fourth-order valence-corrected chi connectivity index (χ4v) is 3.57. The summed E-state index contributed by atoms with van der Waals surface area (Å²) in [5.74, 6) is 0.954. The van der Waals surface area contributed by atoms with Gasteiger partial charge in [-0.1, -0.05) is 0 Å². The summed E-state index contributed by atoms with van der Waals surface area (Å²) in [6, 6.07) is 6.40. The molecule has 1 amide bonds. The van der Waals surface area contributed by atoms with Crippen LogP contribution < -0.4 is 20.9 Å². The maximum atomic E-state index is 12.8. The Morgan fingerprint density at radius 1 is 1.32 bits per heavy atom. The number of likely N-dealkylation sites (tertiary alicyclic amines) is 1. The average Bonchev–Trinajstić information content (AvgIpc) is 3.15. The van der Waals surface area contributed by atoms with Crippen LogP contribution >= 0.6 is 0 Å². The number of piperidine rings is 1. The van der Waals surface area contributed by atoms with Crippen molar-refractivity contribution >= 4 is 5.91 Å². The molecule has 25 heavy (non-hydrogen) atoms. The molecule has 2 heterocycles. The second-order valence-electron chi connectivity index (χ2n) is 6.76. The number of nitrogens with zero attached hydrogens (tertiary/aromatic N) is 1. The van der Waals surface area contributed by atoms with E-state index in [0.717, 1.165) is 32.5 Å². The van der Waals surface area contributed by atoms with Crippen LogP contribution in [0.4, 0.5) is 4.39 Å². The molecule has 2 saturated heterocycles. The molecule has 0 radical (unpaired) electrons. The number of carbonyl (C=O) groups is 1. The molecule has 0 bridgehead atoms. The Bertz CT molecular complexity index is 549. The van der Waals surface area contributed by atoms with Crippen LogP contribution in [0.25, 0.3) is 0 Å². The molecule has 0 aliphatic carbocycles. The summed E-state index contributed by atoms with van der Waals surface area (Å²) in [5, 5.41) is 2.89. The maximum Gasteiger partial charge on any atom is 0.234 e. The van der Waals surface area contributed by atoms with E-state index in [0.29, 0.717) is 37.4 Å². The molecule has 2 atom stereocenters. The Morgan fingerprint density at radius 2 is 2.16 bits per heavy atom. The first-order chi connectivity index (χ1) is 12.2. The zero-order chi connectivity index (χ0) is 17.5. The predicted octanol–water partition coefficient (Wildman–Crippen LogP) is 0.899. The standard InChI is InChI=1S/C18H27FN4O2/c19-15-3-5-16(6-4-15)25-11-9-20-18(24)13-23-10-1-2-14(12-23)17-7-8-21-22-17/h3-6,14,17,21-22H,1-2,7-13H2,(H,20,24). The highest BCUT2D eigenvalue weighted by Crippen LogP contribution is 2.22. The van der Waals surface area contributed by atoms with Crippen LogP contribution in [0.3, 0.4) is 0 Å². The number of halogens is 1. The minimum absolute atomic E-state index is 0.0286.